The molecule has 0 saturated carbocycles. The smallest absolute Gasteiger partial charge is 0.253 e. The fraction of sp³-hybridized carbons (Fsp3) is 0.0909. The van der Waals surface area contributed by atoms with Crippen molar-refractivity contribution in [3.8, 4) is 22.8 Å². The van der Waals surface area contributed by atoms with Crippen molar-refractivity contribution in [2.24, 2.45) is 0 Å². The third-order valence-electron chi connectivity index (χ3n) is 4.36. The molecule has 31 heavy (non-hydrogen) atoms. The van der Waals surface area contributed by atoms with Crippen LogP contribution in [0.4, 0.5) is 17.6 Å². The Hall–Kier alpha value is -3.33. The second kappa shape index (κ2) is 8.81. The number of alkyl halides is 3. The zero-order valence-corrected chi connectivity index (χ0v) is 16.7. The zero-order chi connectivity index (χ0) is 21.8. The topological polar surface area (TPSA) is 51.6 Å². The standard InChI is InChI=1S/C22H14F4N4S/c23-17-6-2-1-5-15(17)13-31-21-19(14-8-10-16(11-9-14)22(24,25)26)29-30-20(28-21)18-7-3-4-12-27-18/h1-12H,13H2. The lowest BCUT2D eigenvalue weighted by Gasteiger charge is -2.11. The monoisotopic (exact) mass is 442 g/mol. The Morgan fingerprint density at radius 1 is 0.839 bits per heavy atom. The van der Waals surface area contributed by atoms with E-state index in [4.69, 9.17) is 0 Å². The molecule has 2 aromatic carbocycles. The van der Waals surface area contributed by atoms with E-state index in [-0.39, 0.29) is 17.4 Å². The van der Waals surface area contributed by atoms with Crippen LogP contribution in [0.15, 0.2) is 78.0 Å². The molecule has 9 heteroatoms. The number of hydrogen-bond acceptors (Lipinski definition) is 5. The lowest BCUT2D eigenvalue weighted by Crippen LogP contribution is -2.05. The van der Waals surface area contributed by atoms with E-state index < -0.39 is 11.7 Å². The number of nitrogens with zero attached hydrogens (tertiary/aromatic N) is 4. The first-order valence-electron chi connectivity index (χ1n) is 9.12. The third-order valence-corrected chi connectivity index (χ3v) is 5.37. The van der Waals surface area contributed by atoms with Crippen molar-refractivity contribution in [1.29, 1.82) is 0 Å². The van der Waals surface area contributed by atoms with Crippen LogP contribution in [0.25, 0.3) is 22.8 Å². The van der Waals surface area contributed by atoms with E-state index in [0.717, 1.165) is 12.1 Å². The molecule has 0 bridgehead atoms. The first kappa shape index (κ1) is 20.9. The van der Waals surface area contributed by atoms with Gasteiger partial charge in [0.05, 0.1) is 5.56 Å². The van der Waals surface area contributed by atoms with Gasteiger partial charge in [-0.15, -0.1) is 10.2 Å². The lowest BCUT2D eigenvalue weighted by atomic mass is 10.1. The van der Waals surface area contributed by atoms with Crippen LogP contribution in [-0.4, -0.2) is 20.2 Å². The van der Waals surface area contributed by atoms with Gasteiger partial charge < -0.3 is 0 Å². The summed E-state index contributed by atoms with van der Waals surface area (Å²) in [5.74, 6) is 0.186. The van der Waals surface area contributed by atoms with E-state index in [9.17, 15) is 17.6 Å². The molecule has 0 atom stereocenters. The van der Waals surface area contributed by atoms with Gasteiger partial charge in [0.25, 0.3) is 0 Å². The number of halogens is 4. The highest BCUT2D eigenvalue weighted by Crippen LogP contribution is 2.34. The molecule has 0 spiro atoms. The number of pyridine rings is 1. The van der Waals surface area contributed by atoms with Crippen molar-refractivity contribution in [3.05, 3.63) is 89.9 Å². The number of thioether (sulfide) groups is 1. The van der Waals surface area contributed by atoms with Crippen LogP contribution in [0.5, 0.6) is 0 Å². The van der Waals surface area contributed by atoms with Crippen molar-refractivity contribution < 1.29 is 17.6 Å². The Balaban J connectivity index is 1.72. The second-order valence-corrected chi connectivity index (χ2v) is 7.42. The number of hydrogen-bond donors (Lipinski definition) is 0. The van der Waals surface area contributed by atoms with E-state index in [1.165, 1.54) is 30.0 Å². The fourth-order valence-electron chi connectivity index (χ4n) is 2.78. The van der Waals surface area contributed by atoms with E-state index in [1.807, 2.05) is 0 Å². The van der Waals surface area contributed by atoms with Crippen molar-refractivity contribution in [1.82, 2.24) is 20.2 Å². The summed E-state index contributed by atoms with van der Waals surface area (Å²) in [6.07, 6.45) is -2.84. The number of rotatable bonds is 5. The van der Waals surface area contributed by atoms with E-state index in [2.05, 4.69) is 20.2 Å². The van der Waals surface area contributed by atoms with Crippen LogP contribution in [0.1, 0.15) is 11.1 Å². The normalized spacial score (nSPS) is 11.5. The minimum atomic E-state index is -4.44. The van der Waals surface area contributed by atoms with Crippen LogP contribution < -0.4 is 0 Å². The summed E-state index contributed by atoms with van der Waals surface area (Å²) in [5, 5.41) is 8.72. The highest BCUT2D eigenvalue weighted by molar-refractivity contribution is 7.98. The SMILES string of the molecule is Fc1ccccc1CSc1nc(-c2ccccn2)nnc1-c1ccc(C(F)(F)F)cc1. The Labute approximate surface area is 179 Å². The van der Waals surface area contributed by atoms with Gasteiger partial charge >= 0.3 is 6.18 Å². The maximum absolute atomic E-state index is 14.0. The summed E-state index contributed by atoms with van der Waals surface area (Å²) in [7, 11) is 0. The lowest BCUT2D eigenvalue weighted by molar-refractivity contribution is -0.137. The largest absolute Gasteiger partial charge is 0.416 e. The Morgan fingerprint density at radius 3 is 2.26 bits per heavy atom. The van der Waals surface area contributed by atoms with Crippen LogP contribution in [0.3, 0.4) is 0 Å². The minimum Gasteiger partial charge on any atom is -0.253 e. The van der Waals surface area contributed by atoms with Gasteiger partial charge in [-0.05, 0) is 35.9 Å². The van der Waals surface area contributed by atoms with Gasteiger partial charge in [-0.2, -0.15) is 13.2 Å². The van der Waals surface area contributed by atoms with Gasteiger partial charge in [0, 0.05) is 17.5 Å². The Kier molecular flexibility index (Phi) is 5.94. The maximum atomic E-state index is 14.0. The molecular weight excluding hydrogens is 428 g/mol. The van der Waals surface area contributed by atoms with Crippen LogP contribution >= 0.6 is 11.8 Å². The summed E-state index contributed by atoms with van der Waals surface area (Å²) in [6.45, 7) is 0. The molecule has 4 rings (SSSR count). The van der Waals surface area contributed by atoms with Crippen molar-refractivity contribution in [3.63, 3.8) is 0 Å². The zero-order valence-electron chi connectivity index (χ0n) is 15.8. The van der Waals surface area contributed by atoms with E-state index in [0.29, 0.717) is 27.5 Å². The second-order valence-electron chi connectivity index (χ2n) is 6.46. The molecule has 2 heterocycles. The quantitative estimate of drug-likeness (QED) is 0.278. The maximum Gasteiger partial charge on any atom is 0.416 e. The van der Waals surface area contributed by atoms with Gasteiger partial charge in [0.15, 0.2) is 0 Å². The van der Waals surface area contributed by atoms with Gasteiger partial charge in [0.2, 0.25) is 5.82 Å². The van der Waals surface area contributed by atoms with Gasteiger partial charge in [-0.3, -0.25) is 4.98 Å². The summed E-state index contributed by atoms with van der Waals surface area (Å²) < 4.78 is 52.7. The van der Waals surface area contributed by atoms with Crippen molar-refractivity contribution >= 4 is 11.8 Å². The van der Waals surface area contributed by atoms with Crippen LogP contribution in [0, 0.1) is 5.82 Å². The number of aromatic nitrogens is 4. The van der Waals surface area contributed by atoms with Crippen LogP contribution in [-0.2, 0) is 11.9 Å². The Bertz CT molecular complexity index is 1180. The van der Waals surface area contributed by atoms with Gasteiger partial charge in [-0.1, -0.05) is 48.2 Å². The molecule has 0 radical (unpaired) electrons. The first-order chi connectivity index (χ1) is 14.9. The predicted molar refractivity (Wildman–Crippen MR) is 109 cm³/mol. The van der Waals surface area contributed by atoms with Crippen molar-refractivity contribution in [2.45, 2.75) is 17.0 Å². The average Bonchev–Trinajstić information content (AvgIpc) is 2.78. The molecule has 0 amide bonds. The molecule has 0 unspecified atom stereocenters. The van der Waals surface area contributed by atoms with E-state index in [1.54, 1.807) is 42.6 Å². The van der Waals surface area contributed by atoms with E-state index >= 15 is 0 Å². The molecule has 4 aromatic rings. The minimum absolute atomic E-state index is 0.265. The first-order valence-corrected chi connectivity index (χ1v) is 10.1. The fourth-order valence-corrected chi connectivity index (χ4v) is 3.75. The van der Waals surface area contributed by atoms with Gasteiger partial charge in [0.1, 0.15) is 22.2 Å². The molecule has 0 aliphatic heterocycles. The van der Waals surface area contributed by atoms with Crippen molar-refractivity contribution in [2.75, 3.05) is 0 Å². The molecule has 4 nitrogen and oxygen atoms in total. The average molecular weight is 442 g/mol. The predicted octanol–water partition coefficient (Wildman–Crippen LogP) is 6.05. The summed E-state index contributed by atoms with van der Waals surface area (Å²) in [6, 6.07) is 16.2. The molecule has 0 aliphatic carbocycles. The third kappa shape index (κ3) is 4.88. The molecule has 0 N–H and O–H groups in total. The molecule has 0 saturated heterocycles. The highest BCUT2D eigenvalue weighted by Gasteiger charge is 2.30. The molecule has 0 fully saturated rings. The van der Waals surface area contributed by atoms with Crippen LogP contribution in [0.2, 0.25) is 0 Å². The number of benzene rings is 2. The molecular formula is C22H14F4N4S. The summed E-state index contributed by atoms with van der Waals surface area (Å²) in [5.41, 5.74) is 0.958. The van der Waals surface area contributed by atoms with Gasteiger partial charge in [-0.25, -0.2) is 9.37 Å². The summed E-state index contributed by atoms with van der Waals surface area (Å²) >= 11 is 1.22. The molecule has 156 valence electrons. The molecule has 0 aliphatic rings. The highest BCUT2D eigenvalue weighted by atomic mass is 32.2. The molecule has 2 aromatic heterocycles. The Morgan fingerprint density at radius 2 is 1.58 bits per heavy atom. The summed E-state index contributed by atoms with van der Waals surface area (Å²) in [4.78, 5) is 8.72.